The van der Waals surface area contributed by atoms with Gasteiger partial charge in [-0.15, -0.1) is 0 Å². The number of benzene rings is 3. The Morgan fingerprint density at radius 3 is 2.41 bits per heavy atom. The summed E-state index contributed by atoms with van der Waals surface area (Å²) in [6.45, 7) is 0. The lowest BCUT2D eigenvalue weighted by atomic mass is 10.1. The molecule has 0 saturated heterocycles. The number of nitrogen functional groups attached to an aromatic ring is 1. The van der Waals surface area contributed by atoms with Gasteiger partial charge in [0.15, 0.2) is 5.65 Å². The normalized spacial score (nSPS) is 10.5. The van der Waals surface area contributed by atoms with E-state index in [9.17, 15) is 4.79 Å². The molecule has 2 heterocycles. The van der Waals surface area contributed by atoms with Gasteiger partial charge in [-0.1, -0.05) is 42.5 Å². The molecule has 0 bridgehead atoms. The van der Waals surface area contributed by atoms with Gasteiger partial charge >= 0.3 is 0 Å². The highest BCUT2D eigenvalue weighted by molar-refractivity contribution is 6.01. The van der Waals surface area contributed by atoms with E-state index >= 15 is 0 Å². The van der Waals surface area contributed by atoms with Gasteiger partial charge in [-0.2, -0.15) is 5.26 Å². The first-order valence-corrected chi connectivity index (χ1v) is 11.1. The summed E-state index contributed by atoms with van der Waals surface area (Å²) in [5.41, 5.74) is 15.7. The van der Waals surface area contributed by atoms with E-state index in [1.54, 1.807) is 6.08 Å². The molecule has 0 atom stereocenters. The third-order valence-corrected chi connectivity index (χ3v) is 5.34. The van der Waals surface area contributed by atoms with Crippen LogP contribution in [-0.4, -0.2) is 25.5 Å². The van der Waals surface area contributed by atoms with Crippen molar-refractivity contribution in [2.45, 2.75) is 0 Å². The second-order valence-electron chi connectivity index (χ2n) is 7.74. The molecule has 0 radical (unpaired) electrons. The Kier molecular flexibility index (Phi) is 7.42. The van der Waals surface area contributed by atoms with E-state index in [1.807, 2.05) is 89.6 Å². The Morgan fingerprint density at radius 1 is 1.00 bits per heavy atom. The smallest absolute Gasteiger partial charge is 0.283 e. The van der Waals surface area contributed by atoms with Gasteiger partial charge in [0.1, 0.15) is 23.6 Å². The van der Waals surface area contributed by atoms with E-state index in [2.05, 4.69) is 9.97 Å². The number of nitrogens with two attached hydrogens (primary N) is 2. The largest absolute Gasteiger partial charge is 0.457 e. The average molecular weight is 491 g/mol. The third kappa shape index (κ3) is 5.72. The number of hydrogen-bond donors (Lipinski definition) is 3. The summed E-state index contributed by atoms with van der Waals surface area (Å²) in [4.78, 5) is 19.8. The third-order valence-electron chi connectivity index (χ3n) is 5.34. The van der Waals surface area contributed by atoms with Crippen molar-refractivity contribution in [3.63, 3.8) is 0 Å². The minimum absolute atomic E-state index is 0.396. The average Bonchev–Trinajstić information content (AvgIpc) is 3.30. The van der Waals surface area contributed by atoms with Crippen LogP contribution >= 0.6 is 0 Å². The SMILES string of the molecule is N#CO.NC(=O)/C=C/c1cccc(-n2cc(-c3ccc(Oc4ccccc4)cc3)c3c(N)ncnc32)c1. The number of nitriles is 1. The molecule has 5 aromatic rings. The van der Waals surface area contributed by atoms with Crippen molar-refractivity contribution < 1.29 is 14.6 Å². The minimum Gasteiger partial charge on any atom is -0.457 e. The molecule has 37 heavy (non-hydrogen) atoms. The van der Waals surface area contributed by atoms with E-state index in [4.69, 9.17) is 26.6 Å². The van der Waals surface area contributed by atoms with Gasteiger partial charge in [0.25, 0.3) is 6.26 Å². The van der Waals surface area contributed by atoms with Crippen LogP contribution in [0.4, 0.5) is 5.82 Å². The van der Waals surface area contributed by atoms with Crippen molar-refractivity contribution in [3.8, 4) is 34.6 Å². The molecular formula is C28H22N6O3. The van der Waals surface area contributed by atoms with E-state index in [0.717, 1.165) is 45.5 Å². The van der Waals surface area contributed by atoms with Gasteiger partial charge in [-0.05, 0) is 53.6 Å². The van der Waals surface area contributed by atoms with Crippen molar-refractivity contribution >= 4 is 28.8 Å². The summed E-state index contributed by atoms with van der Waals surface area (Å²) in [6, 6.07) is 25.1. The highest BCUT2D eigenvalue weighted by Crippen LogP contribution is 2.35. The van der Waals surface area contributed by atoms with Crippen molar-refractivity contribution in [3.05, 3.63) is 103 Å². The number of aromatic nitrogens is 3. The molecule has 9 nitrogen and oxygen atoms in total. The zero-order valence-electron chi connectivity index (χ0n) is 19.5. The number of ether oxygens (including phenoxy) is 1. The predicted molar refractivity (Wildman–Crippen MR) is 141 cm³/mol. The second kappa shape index (κ2) is 11.2. The number of para-hydroxylation sites is 1. The van der Waals surface area contributed by atoms with Gasteiger partial charge in [-0.25, -0.2) is 9.97 Å². The number of anilines is 1. The van der Waals surface area contributed by atoms with E-state index < -0.39 is 5.91 Å². The molecule has 0 fully saturated rings. The molecule has 0 saturated carbocycles. The summed E-state index contributed by atoms with van der Waals surface area (Å²) in [5.74, 6) is 1.40. The number of aliphatic hydroxyl groups excluding tert-OH is 1. The molecule has 5 N–H and O–H groups in total. The fourth-order valence-electron chi connectivity index (χ4n) is 3.78. The highest BCUT2D eigenvalue weighted by Gasteiger charge is 2.16. The number of carbonyl (C=O) groups is 1. The van der Waals surface area contributed by atoms with Crippen LogP contribution in [0.5, 0.6) is 11.5 Å². The Labute approximate surface area is 212 Å². The lowest BCUT2D eigenvalue weighted by Crippen LogP contribution is -2.05. The number of primary amides is 1. The maximum atomic E-state index is 11.1. The van der Waals surface area contributed by atoms with Gasteiger partial charge in [0, 0.05) is 23.5 Å². The summed E-state index contributed by atoms with van der Waals surface area (Å²) >= 11 is 0. The van der Waals surface area contributed by atoms with Gasteiger partial charge in [0.05, 0.1) is 5.39 Å². The zero-order chi connectivity index (χ0) is 26.2. The molecule has 182 valence electrons. The first-order valence-electron chi connectivity index (χ1n) is 11.1. The first-order chi connectivity index (χ1) is 18.0. The van der Waals surface area contributed by atoms with Crippen molar-refractivity contribution in [2.75, 3.05) is 5.73 Å². The maximum absolute atomic E-state index is 11.1. The number of aliphatic hydroxyl groups is 1. The van der Waals surface area contributed by atoms with Crippen molar-refractivity contribution in [2.24, 2.45) is 5.73 Å². The summed E-state index contributed by atoms with van der Waals surface area (Å²) in [6.07, 6.45) is 7.19. The second-order valence-corrected chi connectivity index (χ2v) is 7.74. The fraction of sp³-hybridized carbons (Fsp3) is 0. The Balaban J connectivity index is 0.00000102. The van der Waals surface area contributed by atoms with Crippen LogP contribution in [0, 0.1) is 11.5 Å². The van der Waals surface area contributed by atoms with Crippen LogP contribution in [-0.2, 0) is 4.79 Å². The Hall–Kier alpha value is -5.62. The van der Waals surface area contributed by atoms with Gasteiger partial charge in [-0.3, -0.25) is 4.79 Å². The Bertz CT molecular complexity index is 1600. The van der Waals surface area contributed by atoms with Crippen molar-refractivity contribution in [1.29, 1.82) is 5.26 Å². The molecule has 0 unspecified atom stereocenters. The summed E-state index contributed by atoms with van der Waals surface area (Å²) < 4.78 is 7.87. The molecule has 0 spiro atoms. The molecule has 9 heteroatoms. The van der Waals surface area contributed by atoms with Crippen LogP contribution in [0.2, 0.25) is 0 Å². The standard InChI is InChI=1S/C27H21N5O2.CHNO/c28-24(33)14-9-18-5-4-6-20(15-18)32-16-23(25-26(29)30-17-31-27(25)32)19-10-12-22(13-11-19)34-21-7-2-1-3-8-21;2-1-3/h1-17H,(H2,28,33)(H2,29,30,31);3H/b14-9+;. The van der Waals surface area contributed by atoms with Crippen LogP contribution in [0.25, 0.3) is 33.9 Å². The number of rotatable bonds is 6. The quantitative estimate of drug-likeness (QED) is 0.228. The molecule has 0 aliphatic carbocycles. The van der Waals surface area contributed by atoms with E-state index in [0.29, 0.717) is 11.5 Å². The molecule has 1 amide bonds. The van der Waals surface area contributed by atoms with Gasteiger partial charge < -0.3 is 25.9 Å². The van der Waals surface area contributed by atoms with Crippen LogP contribution in [0.15, 0.2) is 97.5 Å². The van der Waals surface area contributed by atoms with Gasteiger partial charge in [0.2, 0.25) is 5.91 Å². The van der Waals surface area contributed by atoms with Crippen molar-refractivity contribution in [1.82, 2.24) is 14.5 Å². The predicted octanol–water partition coefficient (Wildman–Crippen LogP) is 4.80. The topological polar surface area (TPSA) is 153 Å². The maximum Gasteiger partial charge on any atom is 0.283 e. The molecular weight excluding hydrogens is 468 g/mol. The summed E-state index contributed by atoms with van der Waals surface area (Å²) in [5, 5.41) is 14.5. The number of fused-ring (bicyclic) bond motifs is 1. The first kappa shape index (κ1) is 24.5. The van der Waals surface area contributed by atoms with Crippen LogP contribution in [0.1, 0.15) is 5.56 Å². The van der Waals surface area contributed by atoms with Crippen LogP contribution < -0.4 is 16.2 Å². The lowest BCUT2D eigenvalue weighted by molar-refractivity contribution is -0.113. The van der Waals surface area contributed by atoms with E-state index in [1.165, 1.54) is 12.4 Å². The molecule has 2 aromatic heterocycles. The summed E-state index contributed by atoms with van der Waals surface area (Å²) in [7, 11) is 0. The molecule has 0 aliphatic heterocycles. The molecule has 3 aromatic carbocycles. The monoisotopic (exact) mass is 490 g/mol. The molecule has 0 aliphatic rings. The Morgan fingerprint density at radius 2 is 1.70 bits per heavy atom. The number of amides is 1. The highest BCUT2D eigenvalue weighted by atomic mass is 16.5. The van der Waals surface area contributed by atoms with Crippen LogP contribution in [0.3, 0.4) is 0 Å². The number of carbonyl (C=O) groups excluding carboxylic acids is 1. The minimum atomic E-state index is -0.501. The number of hydrogen-bond acceptors (Lipinski definition) is 7. The fourth-order valence-corrected chi connectivity index (χ4v) is 3.78. The number of nitrogens with zero attached hydrogens (tertiary/aromatic N) is 4. The molecule has 5 rings (SSSR count). The zero-order valence-corrected chi connectivity index (χ0v) is 19.5. The van der Waals surface area contributed by atoms with E-state index in [-0.39, 0.29) is 0 Å². The lowest BCUT2D eigenvalue weighted by Gasteiger charge is -2.06.